The molecule has 1 unspecified atom stereocenters. The average Bonchev–Trinajstić information content (AvgIpc) is 2.20. The average molecular weight is 210 g/mol. The third-order valence-electron chi connectivity index (χ3n) is 1.86. The van der Waals surface area contributed by atoms with E-state index in [4.69, 9.17) is 0 Å². The fourth-order valence-corrected chi connectivity index (χ4v) is 1.09. The highest BCUT2D eigenvalue weighted by Gasteiger charge is 2.00. The minimum atomic E-state index is -0.924. The summed E-state index contributed by atoms with van der Waals surface area (Å²) in [5.41, 5.74) is 0.365. The van der Waals surface area contributed by atoms with Gasteiger partial charge in [-0.05, 0) is 24.6 Å². The lowest BCUT2D eigenvalue weighted by Crippen LogP contribution is -2.01. The number of aliphatic hydroxyl groups is 1. The molecule has 80 valence electrons. The molecule has 0 aliphatic rings. The van der Waals surface area contributed by atoms with Crippen LogP contribution < -0.4 is 0 Å². The standard InChI is InChI=1S/C12H12F2O/c1-2-3-10(15)6-4-9-5-7-11(13)12(14)8-9/h5,7-8,10,15H,2-3H2,1H3. The number of benzene rings is 1. The second kappa shape index (κ2) is 5.47. The highest BCUT2D eigenvalue weighted by molar-refractivity contribution is 5.35. The molecule has 0 bridgehead atoms. The Morgan fingerprint density at radius 3 is 2.67 bits per heavy atom. The molecule has 0 spiro atoms. The Bertz CT molecular complexity index is 390. The van der Waals surface area contributed by atoms with Crippen LogP contribution in [0.5, 0.6) is 0 Å². The third-order valence-corrected chi connectivity index (χ3v) is 1.86. The van der Waals surface area contributed by atoms with Crippen molar-refractivity contribution in [1.29, 1.82) is 0 Å². The summed E-state index contributed by atoms with van der Waals surface area (Å²) in [6.07, 6.45) is 0.702. The summed E-state index contributed by atoms with van der Waals surface area (Å²) in [6, 6.07) is 3.41. The van der Waals surface area contributed by atoms with Crippen LogP contribution in [0.2, 0.25) is 0 Å². The molecule has 1 atom stereocenters. The highest BCUT2D eigenvalue weighted by atomic mass is 19.2. The van der Waals surface area contributed by atoms with Crippen molar-refractivity contribution in [2.45, 2.75) is 25.9 Å². The summed E-state index contributed by atoms with van der Waals surface area (Å²) in [5, 5.41) is 9.29. The summed E-state index contributed by atoms with van der Waals surface area (Å²) in [5.74, 6) is 3.34. The predicted octanol–water partition coefficient (Wildman–Crippen LogP) is 2.48. The van der Waals surface area contributed by atoms with Gasteiger partial charge in [-0.2, -0.15) is 0 Å². The zero-order valence-corrected chi connectivity index (χ0v) is 8.43. The molecule has 0 aliphatic carbocycles. The number of halogens is 2. The maximum Gasteiger partial charge on any atom is 0.160 e. The zero-order chi connectivity index (χ0) is 11.3. The molecule has 1 nitrogen and oxygen atoms in total. The molecule has 1 N–H and O–H groups in total. The minimum Gasteiger partial charge on any atom is -0.380 e. The van der Waals surface area contributed by atoms with Crippen LogP contribution in [0.3, 0.4) is 0 Å². The summed E-state index contributed by atoms with van der Waals surface area (Å²) in [7, 11) is 0. The van der Waals surface area contributed by atoms with E-state index in [1.54, 1.807) is 0 Å². The van der Waals surface area contributed by atoms with Crippen molar-refractivity contribution in [3.05, 3.63) is 35.4 Å². The maximum absolute atomic E-state index is 12.7. The Balaban J connectivity index is 2.76. The lowest BCUT2D eigenvalue weighted by molar-refractivity contribution is 0.221. The van der Waals surface area contributed by atoms with Crippen LogP contribution in [0.1, 0.15) is 25.3 Å². The van der Waals surface area contributed by atoms with Crippen molar-refractivity contribution < 1.29 is 13.9 Å². The van der Waals surface area contributed by atoms with Crippen molar-refractivity contribution in [3.8, 4) is 11.8 Å². The first-order valence-corrected chi connectivity index (χ1v) is 4.78. The van der Waals surface area contributed by atoms with Gasteiger partial charge in [0.05, 0.1) is 0 Å². The smallest absolute Gasteiger partial charge is 0.160 e. The topological polar surface area (TPSA) is 20.2 Å². The largest absolute Gasteiger partial charge is 0.380 e. The Kier molecular flexibility index (Phi) is 4.26. The number of hydrogen-bond acceptors (Lipinski definition) is 1. The van der Waals surface area contributed by atoms with E-state index < -0.39 is 17.7 Å². The number of hydrogen-bond donors (Lipinski definition) is 1. The summed E-state index contributed by atoms with van der Waals surface area (Å²) >= 11 is 0. The van der Waals surface area contributed by atoms with Gasteiger partial charge < -0.3 is 5.11 Å². The highest BCUT2D eigenvalue weighted by Crippen LogP contribution is 2.07. The van der Waals surface area contributed by atoms with Crippen LogP contribution in [-0.2, 0) is 0 Å². The van der Waals surface area contributed by atoms with Gasteiger partial charge >= 0.3 is 0 Å². The van der Waals surface area contributed by atoms with Crippen LogP contribution in [0.4, 0.5) is 8.78 Å². The van der Waals surface area contributed by atoms with Crippen molar-refractivity contribution in [3.63, 3.8) is 0 Å². The molecular formula is C12H12F2O. The van der Waals surface area contributed by atoms with Gasteiger partial charge in [-0.15, -0.1) is 0 Å². The first-order valence-electron chi connectivity index (χ1n) is 4.78. The molecule has 0 amide bonds. The second-order valence-corrected chi connectivity index (χ2v) is 3.20. The van der Waals surface area contributed by atoms with E-state index in [1.165, 1.54) is 6.07 Å². The van der Waals surface area contributed by atoms with Gasteiger partial charge in [0.1, 0.15) is 6.10 Å². The predicted molar refractivity (Wildman–Crippen MR) is 54.2 cm³/mol. The molecule has 15 heavy (non-hydrogen) atoms. The number of aliphatic hydroxyl groups excluding tert-OH is 1. The first-order chi connectivity index (χ1) is 7.13. The molecule has 0 saturated heterocycles. The van der Waals surface area contributed by atoms with Gasteiger partial charge in [-0.3, -0.25) is 0 Å². The van der Waals surface area contributed by atoms with Gasteiger partial charge in [-0.1, -0.05) is 25.2 Å². The minimum absolute atomic E-state index is 0.365. The second-order valence-electron chi connectivity index (χ2n) is 3.20. The van der Waals surface area contributed by atoms with Gasteiger partial charge in [0, 0.05) is 5.56 Å². The lowest BCUT2D eigenvalue weighted by Gasteiger charge is -1.98. The monoisotopic (exact) mass is 210 g/mol. The molecule has 0 aliphatic heterocycles. The molecule has 0 heterocycles. The SMILES string of the molecule is CCCC(O)C#Cc1ccc(F)c(F)c1. The molecular weight excluding hydrogens is 198 g/mol. The van der Waals surface area contributed by atoms with Crippen LogP contribution in [0.25, 0.3) is 0 Å². The molecule has 1 rings (SSSR count). The summed E-state index contributed by atoms with van der Waals surface area (Å²) in [6.45, 7) is 1.93. The normalized spacial score (nSPS) is 11.7. The van der Waals surface area contributed by atoms with Gasteiger partial charge in [0.15, 0.2) is 11.6 Å². The zero-order valence-electron chi connectivity index (χ0n) is 8.43. The van der Waals surface area contributed by atoms with E-state index in [1.807, 2.05) is 6.92 Å². The van der Waals surface area contributed by atoms with Crippen molar-refractivity contribution in [1.82, 2.24) is 0 Å². The molecule has 0 aromatic heterocycles. The maximum atomic E-state index is 12.7. The van der Waals surface area contributed by atoms with Crippen molar-refractivity contribution in [2.75, 3.05) is 0 Å². The van der Waals surface area contributed by atoms with Gasteiger partial charge in [-0.25, -0.2) is 8.78 Å². The lowest BCUT2D eigenvalue weighted by atomic mass is 10.2. The summed E-state index contributed by atoms with van der Waals surface area (Å²) in [4.78, 5) is 0. The third kappa shape index (κ3) is 3.69. The molecule has 0 saturated carbocycles. The molecule has 0 fully saturated rings. The van der Waals surface area contributed by atoms with E-state index in [9.17, 15) is 13.9 Å². The molecule has 0 radical (unpaired) electrons. The Morgan fingerprint density at radius 2 is 2.07 bits per heavy atom. The van der Waals surface area contributed by atoms with Crippen LogP contribution in [-0.4, -0.2) is 11.2 Å². The van der Waals surface area contributed by atoms with Gasteiger partial charge in [0.25, 0.3) is 0 Å². The summed E-state index contributed by atoms with van der Waals surface area (Å²) < 4.78 is 25.3. The Morgan fingerprint density at radius 1 is 1.33 bits per heavy atom. The van der Waals surface area contributed by atoms with E-state index in [0.717, 1.165) is 18.6 Å². The number of rotatable bonds is 2. The van der Waals surface area contributed by atoms with E-state index in [0.29, 0.717) is 12.0 Å². The van der Waals surface area contributed by atoms with Crippen LogP contribution in [0.15, 0.2) is 18.2 Å². The molecule has 1 aromatic carbocycles. The Labute approximate surface area is 87.7 Å². The van der Waals surface area contributed by atoms with Gasteiger partial charge in [0.2, 0.25) is 0 Å². The van der Waals surface area contributed by atoms with E-state index in [2.05, 4.69) is 11.8 Å². The fourth-order valence-electron chi connectivity index (χ4n) is 1.09. The fraction of sp³-hybridized carbons (Fsp3) is 0.333. The van der Waals surface area contributed by atoms with Crippen molar-refractivity contribution in [2.24, 2.45) is 0 Å². The van der Waals surface area contributed by atoms with E-state index >= 15 is 0 Å². The van der Waals surface area contributed by atoms with Crippen molar-refractivity contribution >= 4 is 0 Å². The Hall–Kier alpha value is -1.40. The molecule has 1 aromatic rings. The first kappa shape index (κ1) is 11.7. The molecule has 3 heteroatoms. The quantitative estimate of drug-likeness (QED) is 0.743. The van der Waals surface area contributed by atoms with E-state index in [-0.39, 0.29) is 0 Å². The van der Waals surface area contributed by atoms with Crippen LogP contribution >= 0.6 is 0 Å². The van der Waals surface area contributed by atoms with Crippen LogP contribution in [0, 0.1) is 23.5 Å².